The lowest BCUT2D eigenvalue weighted by atomic mass is 10.1. The number of hydrogen-bond donors (Lipinski definition) is 1. The van der Waals surface area contributed by atoms with Gasteiger partial charge in [-0.25, -0.2) is 0 Å². The van der Waals surface area contributed by atoms with Crippen LogP contribution in [0, 0.1) is 0 Å². The van der Waals surface area contributed by atoms with Crippen LogP contribution in [0.2, 0.25) is 0 Å². The molecule has 0 aromatic heterocycles. The lowest BCUT2D eigenvalue weighted by Gasteiger charge is -2.05. The predicted octanol–water partition coefficient (Wildman–Crippen LogP) is 3.18. The Morgan fingerprint density at radius 2 is 2.12 bits per heavy atom. The first-order valence-electron chi connectivity index (χ1n) is 6.23. The molecule has 17 heavy (non-hydrogen) atoms. The highest BCUT2D eigenvalue weighted by Crippen LogP contribution is 2.13. The monoisotopic (exact) mass is 233 g/mol. The summed E-state index contributed by atoms with van der Waals surface area (Å²) in [6.45, 7) is 5.38. The van der Waals surface area contributed by atoms with Crippen LogP contribution in [0.3, 0.4) is 0 Å². The number of rotatable bonds is 7. The van der Waals surface area contributed by atoms with Crippen LogP contribution in [0.15, 0.2) is 36.4 Å². The summed E-state index contributed by atoms with van der Waals surface area (Å²) in [7, 11) is 1.70. The van der Waals surface area contributed by atoms with Crippen molar-refractivity contribution in [1.82, 2.24) is 5.32 Å². The molecule has 0 saturated heterocycles. The number of benzene rings is 1. The van der Waals surface area contributed by atoms with Gasteiger partial charge in [-0.05, 0) is 37.1 Å². The van der Waals surface area contributed by atoms with Gasteiger partial charge >= 0.3 is 0 Å². The molecule has 1 N–H and O–H groups in total. The van der Waals surface area contributed by atoms with Crippen molar-refractivity contribution in [2.24, 2.45) is 0 Å². The van der Waals surface area contributed by atoms with E-state index in [0.717, 1.165) is 25.1 Å². The summed E-state index contributed by atoms with van der Waals surface area (Å²) in [6.07, 6.45) is 6.51. The van der Waals surface area contributed by atoms with Gasteiger partial charge in [0, 0.05) is 6.04 Å². The molecule has 2 nitrogen and oxygen atoms in total. The molecule has 1 aromatic carbocycles. The van der Waals surface area contributed by atoms with Crippen molar-refractivity contribution in [3.05, 3.63) is 42.0 Å². The lowest BCUT2D eigenvalue weighted by molar-refractivity contribution is 0.414. The highest BCUT2D eigenvalue weighted by atomic mass is 16.5. The summed E-state index contributed by atoms with van der Waals surface area (Å²) in [4.78, 5) is 0. The summed E-state index contributed by atoms with van der Waals surface area (Å²) in [5.41, 5.74) is 1.29. The minimum Gasteiger partial charge on any atom is -0.497 e. The van der Waals surface area contributed by atoms with Crippen molar-refractivity contribution in [3.63, 3.8) is 0 Å². The fourth-order valence-corrected chi connectivity index (χ4v) is 1.59. The average Bonchev–Trinajstić information content (AvgIpc) is 2.33. The molecule has 0 bridgehead atoms. The zero-order valence-electron chi connectivity index (χ0n) is 11.1. The minimum atomic E-state index is 0.571. The predicted molar refractivity (Wildman–Crippen MR) is 73.6 cm³/mol. The summed E-state index contributed by atoms with van der Waals surface area (Å²) in [6, 6.07) is 8.78. The van der Waals surface area contributed by atoms with E-state index in [4.69, 9.17) is 4.74 Å². The Kier molecular flexibility index (Phi) is 6.41. The second-order valence-electron chi connectivity index (χ2n) is 4.42. The van der Waals surface area contributed by atoms with E-state index >= 15 is 0 Å². The molecular weight excluding hydrogens is 210 g/mol. The Balaban J connectivity index is 2.27. The topological polar surface area (TPSA) is 21.3 Å². The SMILES string of the molecule is COc1cccc(CC=CCCNC(C)C)c1. The van der Waals surface area contributed by atoms with Gasteiger partial charge in [0.2, 0.25) is 0 Å². The molecule has 0 aliphatic carbocycles. The van der Waals surface area contributed by atoms with Gasteiger partial charge < -0.3 is 10.1 Å². The van der Waals surface area contributed by atoms with Crippen molar-refractivity contribution in [1.29, 1.82) is 0 Å². The summed E-state index contributed by atoms with van der Waals surface area (Å²) in [5, 5.41) is 3.39. The van der Waals surface area contributed by atoms with Crippen LogP contribution in [-0.2, 0) is 6.42 Å². The zero-order valence-corrected chi connectivity index (χ0v) is 11.1. The van der Waals surface area contributed by atoms with Crippen molar-refractivity contribution < 1.29 is 4.74 Å². The summed E-state index contributed by atoms with van der Waals surface area (Å²) >= 11 is 0. The number of allylic oxidation sites excluding steroid dienone is 1. The van der Waals surface area contributed by atoms with Crippen molar-refractivity contribution in [2.75, 3.05) is 13.7 Å². The summed E-state index contributed by atoms with van der Waals surface area (Å²) in [5.74, 6) is 0.928. The maximum atomic E-state index is 5.19. The molecule has 0 fully saturated rings. The lowest BCUT2D eigenvalue weighted by Crippen LogP contribution is -2.23. The largest absolute Gasteiger partial charge is 0.497 e. The first-order valence-corrected chi connectivity index (χ1v) is 6.23. The minimum absolute atomic E-state index is 0.571. The molecule has 1 aromatic rings. The van der Waals surface area contributed by atoms with Crippen LogP contribution in [0.5, 0.6) is 5.75 Å². The smallest absolute Gasteiger partial charge is 0.119 e. The van der Waals surface area contributed by atoms with Crippen molar-refractivity contribution >= 4 is 0 Å². The Morgan fingerprint density at radius 1 is 1.29 bits per heavy atom. The number of hydrogen-bond acceptors (Lipinski definition) is 2. The van der Waals surface area contributed by atoms with Crippen molar-refractivity contribution in [3.8, 4) is 5.75 Å². The zero-order chi connectivity index (χ0) is 12.5. The molecule has 0 unspecified atom stereocenters. The fourth-order valence-electron chi connectivity index (χ4n) is 1.59. The maximum Gasteiger partial charge on any atom is 0.119 e. The normalized spacial score (nSPS) is 11.3. The van der Waals surface area contributed by atoms with E-state index in [1.807, 2.05) is 12.1 Å². The summed E-state index contributed by atoms with van der Waals surface area (Å²) < 4.78 is 5.19. The molecule has 0 amide bonds. The molecule has 94 valence electrons. The maximum absolute atomic E-state index is 5.19. The van der Waals surface area contributed by atoms with Crippen LogP contribution < -0.4 is 10.1 Å². The standard InChI is InChI=1S/C15H23NO/c1-13(2)16-11-6-4-5-8-14-9-7-10-15(12-14)17-3/h4-5,7,9-10,12-13,16H,6,8,11H2,1-3H3. The van der Waals surface area contributed by atoms with Gasteiger partial charge in [-0.1, -0.05) is 38.1 Å². The second-order valence-corrected chi connectivity index (χ2v) is 4.42. The van der Waals surface area contributed by atoms with Gasteiger partial charge in [0.15, 0.2) is 0 Å². The van der Waals surface area contributed by atoms with Crippen LogP contribution in [0.1, 0.15) is 25.8 Å². The van der Waals surface area contributed by atoms with E-state index < -0.39 is 0 Å². The molecule has 0 atom stereocenters. The fraction of sp³-hybridized carbons (Fsp3) is 0.467. The molecule has 0 radical (unpaired) electrons. The van der Waals surface area contributed by atoms with Crippen LogP contribution in [-0.4, -0.2) is 19.7 Å². The highest BCUT2D eigenvalue weighted by molar-refractivity contribution is 5.29. The van der Waals surface area contributed by atoms with Gasteiger partial charge in [-0.2, -0.15) is 0 Å². The Hall–Kier alpha value is -1.28. The quantitative estimate of drug-likeness (QED) is 0.577. The molecule has 0 heterocycles. The number of methoxy groups -OCH3 is 1. The third kappa shape index (κ3) is 6.12. The molecule has 1 rings (SSSR count). The van der Waals surface area contributed by atoms with Crippen LogP contribution in [0.25, 0.3) is 0 Å². The molecule has 0 saturated carbocycles. The van der Waals surface area contributed by atoms with E-state index in [2.05, 4.69) is 43.4 Å². The Morgan fingerprint density at radius 3 is 2.82 bits per heavy atom. The first-order chi connectivity index (χ1) is 8.22. The number of ether oxygens (including phenoxy) is 1. The number of nitrogens with one attached hydrogen (secondary N) is 1. The van der Waals surface area contributed by atoms with Gasteiger partial charge in [0.25, 0.3) is 0 Å². The third-order valence-corrected chi connectivity index (χ3v) is 2.52. The van der Waals surface area contributed by atoms with Gasteiger partial charge in [0.05, 0.1) is 7.11 Å². The van der Waals surface area contributed by atoms with Gasteiger partial charge in [-0.15, -0.1) is 0 Å². The third-order valence-electron chi connectivity index (χ3n) is 2.52. The average molecular weight is 233 g/mol. The van der Waals surface area contributed by atoms with E-state index in [9.17, 15) is 0 Å². The molecule has 0 aliphatic heterocycles. The van der Waals surface area contributed by atoms with E-state index in [0.29, 0.717) is 6.04 Å². The molecular formula is C15H23NO. The van der Waals surface area contributed by atoms with Crippen LogP contribution >= 0.6 is 0 Å². The van der Waals surface area contributed by atoms with E-state index in [1.165, 1.54) is 5.56 Å². The second kappa shape index (κ2) is 7.91. The van der Waals surface area contributed by atoms with E-state index in [1.54, 1.807) is 7.11 Å². The van der Waals surface area contributed by atoms with Gasteiger partial charge in [-0.3, -0.25) is 0 Å². The molecule has 0 aliphatic rings. The van der Waals surface area contributed by atoms with Crippen molar-refractivity contribution in [2.45, 2.75) is 32.7 Å². The molecule has 2 heteroatoms. The van der Waals surface area contributed by atoms with E-state index in [-0.39, 0.29) is 0 Å². The first kappa shape index (κ1) is 13.8. The highest BCUT2D eigenvalue weighted by Gasteiger charge is 1.93. The van der Waals surface area contributed by atoms with Gasteiger partial charge in [0.1, 0.15) is 5.75 Å². The molecule has 0 spiro atoms. The van der Waals surface area contributed by atoms with Crippen LogP contribution in [0.4, 0.5) is 0 Å². The Labute approximate surface area is 105 Å². The Bertz CT molecular complexity index is 345.